The summed E-state index contributed by atoms with van der Waals surface area (Å²) >= 11 is 0. The maximum atomic E-state index is 11.0. The number of carboxylic acids is 1. The van der Waals surface area contributed by atoms with Crippen LogP contribution in [0, 0.1) is 0 Å². The van der Waals surface area contributed by atoms with E-state index in [0.29, 0.717) is 19.3 Å². The summed E-state index contributed by atoms with van der Waals surface area (Å²) in [6, 6.07) is 22.7. The Bertz CT molecular complexity index is 1400. The molecule has 1 saturated carbocycles. The van der Waals surface area contributed by atoms with E-state index in [1.54, 1.807) is 6.08 Å². The molecule has 0 saturated heterocycles. The van der Waals surface area contributed by atoms with Gasteiger partial charge in [0.05, 0.1) is 18.0 Å². The van der Waals surface area contributed by atoms with Gasteiger partial charge in [0.1, 0.15) is 30.4 Å². The Kier molecular flexibility index (Phi) is 7.78. The Balaban J connectivity index is 1.37. The Labute approximate surface area is 223 Å². The molecule has 1 aromatic heterocycles. The van der Waals surface area contributed by atoms with Crippen molar-refractivity contribution in [2.24, 2.45) is 0 Å². The second-order valence-corrected chi connectivity index (χ2v) is 10.1. The zero-order valence-corrected chi connectivity index (χ0v) is 21.8. The SMILES string of the molecule is C=CCOc1ccc(-c2nn(C3CCCC3)c3cc(COc4ccc(C(C)CC(=O)O)cc4)ccc23)cc1. The standard InChI is InChI=1S/C32H34N2O4/c1-3-18-37-27-15-11-25(12-16-27)32-29-17-8-23(20-30(29)34(33-32)26-6-4-5-7-26)21-38-28-13-9-24(10-14-28)22(2)19-31(35)36/h3,8-17,20,22,26H,1,4-7,18-19,21H2,2H3,(H,35,36). The van der Waals surface area contributed by atoms with Crippen LogP contribution in [0.4, 0.5) is 0 Å². The molecule has 6 nitrogen and oxygen atoms in total. The molecule has 196 valence electrons. The van der Waals surface area contributed by atoms with Gasteiger partial charge in [0, 0.05) is 10.9 Å². The third-order valence-electron chi connectivity index (χ3n) is 7.27. The number of ether oxygens (including phenoxy) is 2. The minimum atomic E-state index is -0.789. The van der Waals surface area contributed by atoms with Gasteiger partial charge < -0.3 is 14.6 Å². The highest BCUT2D eigenvalue weighted by molar-refractivity contribution is 5.94. The number of fused-ring (bicyclic) bond motifs is 1. The Morgan fingerprint density at radius 1 is 1.05 bits per heavy atom. The number of aliphatic carboxylic acids is 1. The molecule has 1 unspecified atom stereocenters. The van der Waals surface area contributed by atoms with E-state index in [4.69, 9.17) is 19.7 Å². The Morgan fingerprint density at radius 3 is 2.42 bits per heavy atom. The van der Waals surface area contributed by atoms with E-state index in [2.05, 4.69) is 41.6 Å². The van der Waals surface area contributed by atoms with Crippen molar-refractivity contribution in [2.45, 2.75) is 57.6 Å². The molecule has 0 radical (unpaired) electrons. The largest absolute Gasteiger partial charge is 0.490 e. The molecule has 5 rings (SSSR count). The number of benzene rings is 3. The molecule has 1 aliphatic carbocycles. The zero-order chi connectivity index (χ0) is 26.5. The van der Waals surface area contributed by atoms with Crippen LogP contribution in [0.5, 0.6) is 11.5 Å². The normalized spacial score (nSPS) is 14.4. The molecule has 3 aromatic carbocycles. The maximum absolute atomic E-state index is 11.0. The summed E-state index contributed by atoms with van der Waals surface area (Å²) in [5, 5.41) is 15.3. The molecule has 1 fully saturated rings. The Hall–Kier alpha value is -4.06. The van der Waals surface area contributed by atoms with E-state index in [-0.39, 0.29) is 12.3 Å². The van der Waals surface area contributed by atoms with E-state index < -0.39 is 5.97 Å². The summed E-state index contributed by atoms with van der Waals surface area (Å²) in [6.45, 7) is 6.56. The second kappa shape index (κ2) is 11.5. The fraction of sp³-hybridized carbons (Fsp3) is 0.312. The van der Waals surface area contributed by atoms with Crippen molar-refractivity contribution >= 4 is 16.9 Å². The average Bonchev–Trinajstić information content (AvgIpc) is 3.59. The van der Waals surface area contributed by atoms with Crippen molar-refractivity contribution in [2.75, 3.05) is 6.61 Å². The Morgan fingerprint density at radius 2 is 1.74 bits per heavy atom. The van der Waals surface area contributed by atoms with Crippen molar-refractivity contribution in [3.63, 3.8) is 0 Å². The fourth-order valence-corrected chi connectivity index (χ4v) is 5.22. The van der Waals surface area contributed by atoms with E-state index >= 15 is 0 Å². The average molecular weight is 511 g/mol. The topological polar surface area (TPSA) is 73.6 Å². The van der Waals surface area contributed by atoms with Crippen LogP contribution in [0.3, 0.4) is 0 Å². The smallest absolute Gasteiger partial charge is 0.303 e. The molecule has 6 heteroatoms. The summed E-state index contributed by atoms with van der Waals surface area (Å²) in [5.41, 5.74) is 5.27. The first-order chi connectivity index (χ1) is 18.5. The van der Waals surface area contributed by atoms with Gasteiger partial charge in [-0.2, -0.15) is 5.10 Å². The molecular weight excluding hydrogens is 476 g/mol. The van der Waals surface area contributed by atoms with Gasteiger partial charge in [-0.25, -0.2) is 0 Å². The number of carbonyl (C=O) groups is 1. The van der Waals surface area contributed by atoms with E-state index in [1.165, 1.54) is 12.8 Å². The number of rotatable bonds is 11. The first-order valence-corrected chi connectivity index (χ1v) is 13.3. The molecule has 4 aromatic rings. The lowest BCUT2D eigenvalue weighted by Gasteiger charge is -2.13. The molecule has 38 heavy (non-hydrogen) atoms. The van der Waals surface area contributed by atoms with Crippen LogP contribution in [0.15, 0.2) is 79.4 Å². The summed E-state index contributed by atoms with van der Waals surface area (Å²) in [4.78, 5) is 11.0. The monoisotopic (exact) mass is 510 g/mol. The zero-order valence-electron chi connectivity index (χ0n) is 21.8. The predicted octanol–water partition coefficient (Wildman–Crippen LogP) is 7.54. The van der Waals surface area contributed by atoms with Gasteiger partial charge in [0.25, 0.3) is 0 Å². The minimum absolute atomic E-state index is 0.0371. The van der Waals surface area contributed by atoms with E-state index in [9.17, 15) is 4.79 Å². The van der Waals surface area contributed by atoms with Crippen molar-refractivity contribution in [3.05, 3.63) is 90.5 Å². The molecule has 1 N–H and O–H groups in total. The molecule has 1 aliphatic rings. The van der Waals surface area contributed by atoms with Crippen LogP contribution in [0.2, 0.25) is 0 Å². The summed E-state index contributed by atoms with van der Waals surface area (Å²) in [6.07, 6.45) is 6.63. The number of carboxylic acid groups (broad SMARTS) is 1. The van der Waals surface area contributed by atoms with Gasteiger partial charge in [0.2, 0.25) is 0 Å². The van der Waals surface area contributed by atoms with Crippen LogP contribution in [-0.4, -0.2) is 27.5 Å². The quantitative estimate of drug-likeness (QED) is 0.211. The number of hydrogen-bond donors (Lipinski definition) is 1. The van der Waals surface area contributed by atoms with Gasteiger partial charge >= 0.3 is 5.97 Å². The first-order valence-electron chi connectivity index (χ1n) is 13.3. The molecule has 0 bridgehead atoms. The van der Waals surface area contributed by atoms with Crippen molar-refractivity contribution in [1.82, 2.24) is 9.78 Å². The first kappa shape index (κ1) is 25.6. The molecule has 0 spiro atoms. The maximum Gasteiger partial charge on any atom is 0.303 e. The van der Waals surface area contributed by atoms with Crippen LogP contribution >= 0.6 is 0 Å². The summed E-state index contributed by atoms with van der Waals surface area (Å²) < 4.78 is 14.0. The highest BCUT2D eigenvalue weighted by Crippen LogP contribution is 2.36. The predicted molar refractivity (Wildman–Crippen MR) is 150 cm³/mol. The molecule has 0 amide bonds. The third-order valence-corrected chi connectivity index (χ3v) is 7.27. The fourth-order valence-electron chi connectivity index (χ4n) is 5.22. The van der Waals surface area contributed by atoms with Crippen LogP contribution < -0.4 is 9.47 Å². The molecule has 1 heterocycles. The highest BCUT2D eigenvalue weighted by atomic mass is 16.5. The van der Waals surface area contributed by atoms with Gasteiger partial charge in [-0.3, -0.25) is 9.48 Å². The molecule has 0 aliphatic heterocycles. The number of nitrogens with zero attached hydrogens (tertiary/aromatic N) is 2. The minimum Gasteiger partial charge on any atom is -0.490 e. The summed E-state index contributed by atoms with van der Waals surface area (Å²) in [5.74, 6) is 0.754. The van der Waals surface area contributed by atoms with Crippen LogP contribution in [0.25, 0.3) is 22.2 Å². The lowest BCUT2D eigenvalue weighted by atomic mass is 9.98. The van der Waals surface area contributed by atoms with E-state index in [0.717, 1.165) is 57.6 Å². The number of aromatic nitrogens is 2. The molecular formula is C32H34N2O4. The van der Waals surface area contributed by atoms with Gasteiger partial charge in [-0.1, -0.05) is 56.7 Å². The second-order valence-electron chi connectivity index (χ2n) is 10.1. The molecule has 1 atom stereocenters. The van der Waals surface area contributed by atoms with Gasteiger partial charge in [0.15, 0.2) is 0 Å². The van der Waals surface area contributed by atoms with Crippen molar-refractivity contribution in [1.29, 1.82) is 0 Å². The lowest BCUT2D eigenvalue weighted by molar-refractivity contribution is -0.137. The van der Waals surface area contributed by atoms with Crippen LogP contribution in [0.1, 0.15) is 62.1 Å². The summed E-state index contributed by atoms with van der Waals surface area (Å²) in [7, 11) is 0. The van der Waals surface area contributed by atoms with Crippen LogP contribution in [-0.2, 0) is 11.4 Å². The van der Waals surface area contributed by atoms with Gasteiger partial charge in [-0.05, 0) is 72.4 Å². The van der Waals surface area contributed by atoms with Gasteiger partial charge in [-0.15, -0.1) is 0 Å². The number of hydrogen-bond acceptors (Lipinski definition) is 4. The van der Waals surface area contributed by atoms with E-state index in [1.807, 2.05) is 43.3 Å². The van der Waals surface area contributed by atoms with Crippen molar-refractivity contribution in [3.8, 4) is 22.8 Å². The highest BCUT2D eigenvalue weighted by Gasteiger charge is 2.22. The van der Waals surface area contributed by atoms with Crippen molar-refractivity contribution < 1.29 is 19.4 Å². The third kappa shape index (κ3) is 5.75. The lowest BCUT2D eigenvalue weighted by Crippen LogP contribution is -2.06.